The van der Waals surface area contributed by atoms with Gasteiger partial charge in [-0.15, -0.1) is 0 Å². The summed E-state index contributed by atoms with van der Waals surface area (Å²) >= 11 is 0. The Labute approximate surface area is 112 Å². The molecule has 1 fully saturated rings. The van der Waals surface area contributed by atoms with Crippen molar-refractivity contribution in [1.82, 2.24) is 10.2 Å². The molecule has 0 amide bonds. The predicted octanol–water partition coefficient (Wildman–Crippen LogP) is 1.13. The zero-order valence-corrected chi connectivity index (χ0v) is 13.2. The summed E-state index contributed by atoms with van der Waals surface area (Å²) in [7, 11) is -3.00. The molecule has 1 heterocycles. The number of hydrogen-bond donors (Lipinski definition) is 1. The van der Waals surface area contributed by atoms with Gasteiger partial charge >= 0.3 is 0 Å². The monoisotopic (exact) mass is 276 g/mol. The van der Waals surface area contributed by atoms with Crippen molar-refractivity contribution in [2.45, 2.75) is 44.9 Å². The van der Waals surface area contributed by atoms with E-state index in [4.69, 9.17) is 0 Å². The number of nitrogens with one attached hydrogen (secondary N) is 1. The van der Waals surface area contributed by atoms with Crippen molar-refractivity contribution >= 4 is 9.84 Å². The van der Waals surface area contributed by atoms with Gasteiger partial charge in [-0.1, -0.05) is 13.8 Å². The molecule has 0 aromatic heterocycles. The molecule has 1 aliphatic heterocycles. The highest BCUT2D eigenvalue weighted by molar-refractivity contribution is 7.92. The van der Waals surface area contributed by atoms with Crippen molar-refractivity contribution in [3.05, 3.63) is 0 Å². The molecule has 1 unspecified atom stereocenters. The van der Waals surface area contributed by atoms with Gasteiger partial charge in [-0.2, -0.15) is 0 Å². The van der Waals surface area contributed by atoms with Gasteiger partial charge in [-0.05, 0) is 26.2 Å². The molecule has 1 rings (SSSR count). The molecular formula is C13H28N2O2S. The number of hydrogen-bond acceptors (Lipinski definition) is 4. The third-order valence-corrected chi connectivity index (χ3v) is 5.84. The van der Waals surface area contributed by atoms with Crippen LogP contribution in [0.15, 0.2) is 0 Å². The standard InChI is InChI=1S/C13H28N2O2S/c1-11(2)8-12-9-15(7-6-14-12)10-13(3,4)18(5,16)17/h11-12,14H,6-10H2,1-5H3. The number of nitrogens with zero attached hydrogens (tertiary/aromatic N) is 1. The molecule has 5 heteroatoms. The minimum Gasteiger partial charge on any atom is -0.311 e. The summed E-state index contributed by atoms with van der Waals surface area (Å²) in [5.74, 6) is 0.672. The van der Waals surface area contributed by atoms with Crippen LogP contribution in [0.1, 0.15) is 34.1 Å². The van der Waals surface area contributed by atoms with Crippen LogP contribution in [-0.4, -0.2) is 56.5 Å². The van der Waals surface area contributed by atoms with Crippen molar-refractivity contribution in [1.29, 1.82) is 0 Å². The lowest BCUT2D eigenvalue weighted by Gasteiger charge is -2.38. The number of rotatable bonds is 5. The van der Waals surface area contributed by atoms with Crippen molar-refractivity contribution in [3.63, 3.8) is 0 Å². The molecule has 1 N–H and O–H groups in total. The molecule has 0 bridgehead atoms. The third kappa shape index (κ3) is 4.52. The SMILES string of the molecule is CC(C)CC1CN(CC(C)(C)S(C)(=O)=O)CCN1. The fourth-order valence-electron chi connectivity index (χ4n) is 2.42. The van der Waals surface area contributed by atoms with E-state index in [1.807, 2.05) is 13.8 Å². The van der Waals surface area contributed by atoms with Crippen LogP contribution in [0.5, 0.6) is 0 Å². The van der Waals surface area contributed by atoms with Gasteiger partial charge in [0.05, 0.1) is 4.75 Å². The average molecular weight is 276 g/mol. The van der Waals surface area contributed by atoms with E-state index in [9.17, 15) is 8.42 Å². The van der Waals surface area contributed by atoms with Crippen LogP contribution >= 0.6 is 0 Å². The maximum Gasteiger partial charge on any atom is 0.153 e. The van der Waals surface area contributed by atoms with Gasteiger partial charge < -0.3 is 5.32 Å². The van der Waals surface area contributed by atoms with Gasteiger partial charge in [0.2, 0.25) is 0 Å². The molecule has 0 saturated carbocycles. The topological polar surface area (TPSA) is 49.4 Å². The Kier molecular flexibility index (Phi) is 5.21. The minimum atomic E-state index is -3.00. The van der Waals surface area contributed by atoms with Gasteiger partial charge in [-0.25, -0.2) is 8.42 Å². The van der Waals surface area contributed by atoms with E-state index < -0.39 is 14.6 Å². The van der Waals surface area contributed by atoms with E-state index >= 15 is 0 Å². The Hall–Kier alpha value is -0.130. The molecule has 1 atom stereocenters. The largest absolute Gasteiger partial charge is 0.311 e. The molecule has 0 aromatic rings. The second-order valence-corrected chi connectivity index (χ2v) is 9.20. The molecule has 1 saturated heterocycles. The Morgan fingerprint density at radius 2 is 2.00 bits per heavy atom. The van der Waals surface area contributed by atoms with E-state index in [-0.39, 0.29) is 0 Å². The van der Waals surface area contributed by atoms with E-state index in [0.717, 1.165) is 26.1 Å². The number of piperazine rings is 1. The van der Waals surface area contributed by atoms with Crippen molar-refractivity contribution < 1.29 is 8.42 Å². The summed E-state index contributed by atoms with van der Waals surface area (Å²) in [6, 6.07) is 0.495. The molecular weight excluding hydrogens is 248 g/mol. The van der Waals surface area contributed by atoms with Crippen LogP contribution in [0.4, 0.5) is 0 Å². The summed E-state index contributed by atoms with van der Waals surface area (Å²) in [6.45, 7) is 11.6. The molecule has 0 aliphatic carbocycles. The second-order valence-electron chi connectivity index (χ2n) is 6.55. The Bertz CT molecular complexity index is 363. The first-order valence-electron chi connectivity index (χ1n) is 6.77. The normalized spacial score (nSPS) is 23.6. The van der Waals surface area contributed by atoms with Crippen LogP contribution in [0.3, 0.4) is 0 Å². The lowest BCUT2D eigenvalue weighted by atomic mass is 10.0. The van der Waals surface area contributed by atoms with Crippen LogP contribution in [0.25, 0.3) is 0 Å². The van der Waals surface area contributed by atoms with Gasteiger partial charge in [0.15, 0.2) is 9.84 Å². The summed E-state index contributed by atoms with van der Waals surface area (Å²) in [5, 5.41) is 3.51. The lowest BCUT2D eigenvalue weighted by Crippen LogP contribution is -2.55. The molecule has 4 nitrogen and oxygen atoms in total. The summed E-state index contributed by atoms with van der Waals surface area (Å²) in [6.07, 6.45) is 2.48. The van der Waals surface area contributed by atoms with Crippen LogP contribution in [0.2, 0.25) is 0 Å². The second kappa shape index (κ2) is 5.88. The van der Waals surface area contributed by atoms with E-state index in [2.05, 4.69) is 24.1 Å². The zero-order chi connectivity index (χ0) is 14.0. The molecule has 0 radical (unpaired) electrons. The summed E-state index contributed by atoms with van der Waals surface area (Å²) in [5.41, 5.74) is 0. The highest BCUT2D eigenvalue weighted by Crippen LogP contribution is 2.18. The quantitative estimate of drug-likeness (QED) is 0.818. The first kappa shape index (κ1) is 15.9. The molecule has 18 heavy (non-hydrogen) atoms. The first-order chi connectivity index (χ1) is 8.12. The highest BCUT2D eigenvalue weighted by Gasteiger charge is 2.33. The van der Waals surface area contributed by atoms with Crippen LogP contribution in [0, 0.1) is 5.92 Å². The average Bonchev–Trinajstić information content (AvgIpc) is 2.14. The Balaban J connectivity index is 2.58. The van der Waals surface area contributed by atoms with E-state index in [1.165, 1.54) is 6.26 Å². The lowest BCUT2D eigenvalue weighted by molar-refractivity contribution is 0.175. The third-order valence-electron chi connectivity index (χ3n) is 3.70. The number of sulfone groups is 1. The Morgan fingerprint density at radius 3 is 2.50 bits per heavy atom. The molecule has 108 valence electrons. The maximum absolute atomic E-state index is 11.7. The van der Waals surface area contributed by atoms with E-state index in [1.54, 1.807) is 0 Å². The molecule has 0 aromatic carbocycles. The van der Waals surface area contributed by atoms with Crippen molar-refractivity contribution in [2.24, 2.45) is 5.92 Å². The Morgan fingerprint density at radius 1 is 1.39 bits per heavy atom. The zero-order valence-electron chi connectivity index (χ0n) is 12.4. The smallest absolute Gasteiger partial charge is 0.153 e. The summed E-state index contributed by atoms with van der Waals surface area (Å²) in [4.78, 5) is 2.28. The molecule has 0 spiro atoms. The highest BCUT2D eigenvalue weighted by atomic mass is 32.2. The molecule has 1 aliphatic rings. The predicted molar refractivity (Wildman–Crippen MR) is 76.6 cm³/mol. The van der Waals surface area contributed by atoms with Gasteiger partial charge in [0.25, 0.3) is 0 Å². The van der Waals surface area contributed by atoms with Crippen molar-refractivity contribution in [2.75, 3.05) is 32.4 Å². The van der Waals surface area contributed by atoms with Crippen LogP contribution < -0.4 is 5.32 Å². The van der Waals surface area contributed by atoms with Crippen LogP contribution in [-0.2, 0) is 9.84 Å². The fourth-order valence-corrected chi connectivity index (χ4v) is 2.84. The van der Waals surface area contributed by atoms with E-state index in [0.29, 0.717) is 18.5 Å². The van der Waals surface area contributed by atoms with Gasteiger partial charge in [-0.3, -0.25) is 4.90 Å². The van der Waals surface area contributed by atoms with Crippen molar-refractivity contribution in [3.8, 4) is 0 Å². The summed E-state index contributed by atoms with van der Waals surface area (Å²) < 4.78 is 22.8. The minimum absolute atomic E-state index is 0.495. The fraction of sp³-hybridized carbons (Fsp3) is 1.00. The first-order valence-corrected chi connectivity index (χ1v) is 8.66. The van der Waals surface area contributed by atoms with Gasteiger partial charge in [0, 0.05) is 38.5 Å². The maximum atomic E-state index is 11.7. The van der Waals surface area contributed by atoms with Gasteiger partial charge in [0.1, 0.15) is 0 Å².